The second kappa shape index (κ2) is 9.77. The topological polar surface area (TPSA) is 56.5 Å². The third-order valence-electron chi connectivity index (χ3n) is 2.40. The van der Waals surface area contributed by atoms with Crippen molar-refractivity contribution in [3.05, 3.63) is 36.4 Å². The third-order valence-corrected chi connectivity index (χ3v) is 2.65. The number of hydrazone groups is 1. The van der Waals surface area contributed by atoms with Crippen LogP contribution in [0.2, 0.25) is 0 Å². The number of ether oxygens (including phenoxy) is 2. The highest BCUT2D eigenvalue weighted by atomic mass is 32.1. The van der Waals surface area contributed by atoms with E-state index in [9.17, 15) is 0 Å². The van der Waals surface area contributed by atoms with Gasteiger partial charge >= 0.3 is 0 Å². The molecule has 1 rings (SSSR count). The molecular weight excluding hydrogens is 286 g/mol. The standard InChI is InChI=1S/C15H21N3O2S/c1-4-9-16-15(21)18-17-11-12-7-8-13(19-5-2)14(10-12)20-6-3/h4,7-8,10-11H,1,5-6,9H2,2-3H3,(H2,16,18,21)/p+1. The van der Waals surface area contributed by atoms with Gasteiger partial charge in [-0.25, -0.2) is 0 Å². The zero-order valence-corrected chi connectivity index (χ0v) is 13.3. The summed E-state index contributed by atoms with van der Waals surface area (Å²) in [7, 11) is 0. The number of nitrogens with one attached hydrogen (secondary N) is 3. The third kappa shape index (κ3) is 6.27. The fraction of sp³-hybridized carbons (Fsp3) is 0.333. The maximum Gasteiger partial charge on any atom is 0.224 e. The maximum atomic E-state index is 5.57. The van der Waals surface area contributed by atoms with Gasteiger partial charge in [-0.2, -0.15) is 0 Å². The molecule has 0 aromatic heterocycles. The molecule has 1 aromatic rings. The summed E-state index contributed by atoms with van der Waals surface area (Å²) in [6.07, 6.45) is 3.53. The van der Waals surface area contributed by atoms with Crippen molar-refractivity contribution in [2.45, 2.75) is 13.8 Å². The van der Waals surface area contributed by atoms with Crippen molar-refractivity contribution < 1.29 is 14.6 Å². The van der Waals surface area contributed by atoms with Gasteiger partial charge in [-0.05, 0) is 44.3 Å². The predicted octanol–water partition coefficient (Wildman–Crippen LogP) is 0.549. The van der Waals surface area contributed by atoms with E-state index in [1.54, 1.807) is 12.3 Å². The van der Waals surface area contributed by atoms with E-state index in [0.29, 0.717) is 24.9 Å². The Morgan fingerprint density at radius 2 is 2.00 bits per heavy atom. The lowest BCUT2D eigenvalue weighted by atomic mass is 10.2. The van der Waals surface area contributed by atoms with Crippen LogP contribution in [0.5, 0.6) is 11.5 Å². The summed E-state index contributed by atoms with van der Waals surface area (Å²) >= 11 is 5.06. The van der Waals surface area contributed by atoms with Crippen LogP contribution in [0.4, 0.5) is 0 Å². The summed E-state index contributed by atoms with van der Waals surface area (Å²) in [5, 5.41) is 6.37. The van der Waals surface area contributed by atoms with Gasteiger partial charge in [-0.3, -0.25) is 0 Å². The van der Waals surface area contributed by atoms with E-state index in [2.05, 4.69) is 22.4 Å². The average Bonchev–Trinajstić information content (AvgIpc) is 2.48. The largest absolute Gasteiger partial charge is 0.490 e. The first kappa shape index (κ1) is 17.0. The van der Waals surface area contributed by atoms with Gasteiger partial charge in [0.2, 0.25) is 5.11 Å². The predicted molar refractivity (Wildman–Crippen MR) is 88.8 cm³/mol. The van der Waals surface area contributed by atoms with Crippen LogP contribution in [0.15, 0.2) is 30.9 Å². The van der Waals surface area contributed by atoms with Gasteiger partial charge in [0.25, 0.3) is 0 Å². The minimum Gasteiger partial charge on any atom is -0.490 e. The monoisotopic (exact) mass is 308 g/mol. The first-order valence-electron chi connectivity index (χ1n) is 6.84. The smallest absolute Gasteiger partial charge is 0.224 e. The van der Waals surface area contributed by atoms with Crippen LogP contribution < -0.4 is 25.3 Å². The van der Waals surface area contributed by atoms with Crippen LogP contribution in [0.25, 0.3) is 0 Å². The van der Waals surface area contributed by atoms with Crippen molar-refractivity contribution in [3.8, 4) is 11.5 Å². The molecule has 1 aromatic carbocycles. The zero-order valence-electron chi connectivity index (χ0n) is 12.4. The molecule has 5 nitrogen and oxygen atoms in total. The minimum atomic E-state index is 0.502. The summed E-state index contributed by atoms with van der Waals surface area (Å²) in [6.45, 7) is 9.30. The molecule has 21 heavy (non-hydrogen) atoms. The lowest BCUT2D eigenvalue weighted by Gasteiger charge is -2.10. The van der Waals surface area contributed by atoms with Crippen molar-refractivity contribution in [1.82, 2.24) is 10.7 Å². The molecule has 0 fully saturated rings. The average molecular weight is 308 g/mol. The van der Waals surface area contributed by atoms with E-state index in [4.69, 9.17) is 21.7 Å². The Morgan fingerprint density at radius 1 is 1.29 bits per heavy atom. The summed E-state index contributed by atoms with van der Waals surface area (Å²) in [4.78, 5) is 0. The molecule has 0 aliphatic heterocycles. The van der Waals surface area contributed by atoms with E-state index in [-0.39, 0.29) is 0 Å². The van der Waals surface area contributed by atoms with Gasteiger partial charge in [0.1, 0.15) is 0 Å². The Kier molecular flexibility index (Phi) is 7.89. The summed E-state index contributed by atoms with van der Waals surface area (Å²) in [5.41, 5.74) is 3.80. The normalized spacial score (nSPS) is 10.2. The Hall–Kier alpha value is -2.08. The fourth-order valence-corrected chi connectivity index (χ4v) is 1.69. The first-order chi connectivity index (χ1) is 10.2. The van der Waals surface area contributed by atoms with E-state index in [1.807, 2.05) is 32.0 Å². The molecule has 0 bridgehead atoms. The molecule has 0 radical (unpaired) electrons. The molecule has 3 N–H and O–H groups in total. The lowest BCUT2D eigenvalue weighted by molar-refractivity contribution is -0.500. The Bertz CT molecular complexity index is 504. The maximum absolute atomic E-state index is 5.57. The molecule has 0 spiro atoms. The molecule has 0 aliphatic rings. The van der Waals surface area contributed by atoms with Crippen LogP contribution in [0.1, 0.15) is 19.4 Å². The fourth-order valence-electron chi connectivity index (χ4n) is 1.55. The Morgan fingerprint density at radius 3 is 2.67 bits per heavy atom. The van der Waals surface area contributed by atoms with Gasteiger partial charge in [-0.1, -0.05) is 6.08 Å². The summed E-state index contributed by atoms with van der Waals surface area (Å²) < 4.78 is 11.1. The molecule has 0 atom stereocenters. The second-order valence-electron chi connectivity index (χ2n) is 3.98. The van der Waals surface area contributed by atoms with Crippen molar-refractivity contribution in [2.24, 2.45) is 0 Å². The number of hydrogen-bond acceptors (Lipinski definition) is 3. The highest BCUT2D eigenvalue weighted by Crippen LogP contribution is 2.27. The van der Waals surface area contributed by atoms with Crippen molar-refractivity contribution in [2.75, 3.05) is 19.8 Å². The highest BCUT2D eigenvalue weighted by molar-refractivity contribution is 7.80. The minimum absolute atomic E-state index is 0.502. The summed E-state index contributed by atoms with van der Waals surface area (Å²) in [6, 6.07) is 5.72. The van der Waals surface area contributed by atoms with Gasteiger partial charge in [0.15, 0.2) is 17.7 Å². The number of hydrogen-bond donors (Lipinski definition) is 3. The highest BCUT2D eigenvalue weighted by Gasteiger charge is 2.06. The second-order valence-corrected chi connectivity index (χ2v) is 4.39. The SMILES string of the molecule is C=CCNC(=S)N[NH+]=Cc1ccc(OCC)c(OCC)c1. The van der Waals surface area contributed by atoms with Crippen LogP contribution in [0, 0.1) is 0 Å². The molecule has 0 amide bonds. The van der Waals surface area contributed by atoms with E-state index in [0.717, 1.165) is 17.1 Å². The molecule has 6 heteroatoms. The van der Waals surface area contributed by atoms with Crippen molar-refractivity contribution in [1.29, 1.82) is 0 Å². The number of hydrazine groups is 1. The molecule has 0 saturated carbocycles. The zero-order chi connectivity index (χ0) is 15.5. The molecular formula is C15H22N3O2S+. The van der Waals surface area contributed by atoms with Gasteiger partial charge in [0.05, 0.1) is 13.2 Å². The number of rotatable bonds is 8. The van der Waals surface area contributed by atoms with Gasteiger partial charge < -0.3 is 14.8 Å². The Labute approximate surface area is 131 Å². The van der Waals surface area contributed by atoms with Crippen molar-refractivity contribution >= 4 is 23.5 Å². The van der Waals surface area contributed by atoms with E-state index >= 15 is 0 Å². The summed E-state index contributed by atoms with van der Waals surface area (Å²) in [5.74, 6) is 1.47. The number of benzene rings is 1. The van der Waals surface area contributed by atoms with E-state index < -0.39 is 0 Å². The van der Waals surface area contributed by atoms with Crippen LogP contribution in [-0.4, -0.2) is 31.1 Å². The van der Waals surface area contributed by atoms with Crippen LogP contribution in [-0.2, 0) is 0 Å². The molecule has 0 aliphatic carbocycles. The van der Waals surface area contributed by atoms with E-state index in [1.165, 1.54) is 0 Å². The van der Waals surface area contributed by atoms with Crippen LogP contribution >= 0.6 is 12.2 Å². The van der Waals surface area contributed by atoms with Gasteiger partial charge in [-0.15, -0.1) is 17.1 Å². The molecule has 0 saturated heterocycles. The Balaban J connectivity index is 2.68. The lowest BCUT2D eigenvalue weighted by Crippen LogP contribution is -2.82. The molecule has 0 heterocycles. The van der Waals surface area contributed by atoms with Crippen molar-refractivity contribution in [3.63, 3.8) is 0 Å². The quantitative estimate of drug-likeness (QED) is 0.283. The first-order valence-corrected chi connectivity index (χ1v) is 7.25. The van der Waals surface area contributed by atoms with Gasteiger partial charge in [0, 0.05) is 12.1 Å². The number of thiocarbonyl (C=S) groups is 1. The molecule has 0 unspecified atom stereocenters. The van der Waals surface area contributed by atoms with Crippen LogP contribution in [0.3, 0.4) is 0 Å². The molecule has 114 valence electrons.